The lowest BCUT2D eigenvalue weighted by atomic mass is 10.1. The van der Waals surface area contributed by atoms with Gasteiger partial charge in [0.25, 0.3) is 0 Å². The molecule has 1 aromatic carbocycles. The summed E-state index contributed by atoms with van der Waals surface area (Å²) in [5.74, 6) is 1.81. The van der Waals surface area contributed by atoms with Crippen molar-refractivity contribution in [1.29, 1.82) is 0 Å². The largest absolute Gasteiger partial charge is 0.454 e. The number of alkyl halides is 1. The molecule has 0 saturated carbocycles. The number of aromatic nitrogens is 2. The molecule has 3 heterocycles. The smallest absolute Gasteiger partial charge is 0.231 e. The third kappa shape index (κ3) is 2.03. The van der Waals surface area contributed by atoms with Gasteiger partial charge in [-0.25, -0.2) is 4.98 Å². The number of hydrogen-bond donors (Lipinski definition) is 0. The maximum absolute atomic E-state index is 6.11. The van der Waals surface area contributed by atoms with Crippen LogP contribution in [0.5, 0.6) is 11.5 Å². The van der Waals surface area contributed by atoms with Gasteiger partial charge in [0, 0.05) is 11.8 Å². The number of pyridine rings is 1. The molecular weight excluding hydrogens is 311 g/mol. The van der Waals surface area contributed by atoms with E-state index < -0.39 is 0 Å². The van der Waals surface area contributed by atoms with E-state index in [2.05, 4.69) is 4.98 Å². The molecule has 106 valence electrons. The van der Waals surface area contributed by atoms with Crippen molar-refractivity contribution in [3.8, 4) is 22.8 Å². The topological polar surface area (TPSA) is 35.8 Å². The Balaban J connectivity index is 1.93. The zero-order valence-corrected chi connectivity index (χ0v) is 12.4. The molecule has 4 rings (SSSR count). The Bertz CT molecular complexity index is 845. The van der Waals surface area contributed by atoms with Crippen molar-refractivity contribution in [2.45, 2.75) is 5.88 Å². The Labute approximate surface area is 130 Å². The fourth-order valence-corrected chi connectivity index (χ4v) is 2.89. The molecule has 0 N–H and O–H groups in total. The van der Waals surface area contributed by atoms with Gasteiger partial charge in [-0.3, -0.25) is 0 Å². The molecule has 0 spiro atoms. The summed E-state index contributed by atoms with van der Waals surface area (Å²) < 4.78 is 12.7. The minimum Gasteiger partial charge on any atom is -0.454 e. The fourth-order valence-electron chi connectivity index (χ4n) is 2.47. The van der Waals surface area contributed by atoms with Crippen LogP contribution in [0.4, 0.5) is 0 Å². The van der Waals surface area contributed by atoms with E-state index in [0.29, 0.717) is 10.9 Å². The Hall–Kier alpha value is -1.91. The summed E-state index contributed by atoms with van der Waals surface area (Å²) in [5, 5.41) is 0.642. The number of halogens is 2. The SMILES string of the molecule is ClCc1c(-c2ccc3c(c2)OCO3)nc2ccc(Cl)cn12. The van der Waals surface area contributed by atoms with Crippen LogP contribution in [0.3, 0.4) is 0 Å². The molecule has 0 amide bonds. The third-order valence-electron chi connectivity index (χ3n) is 3.45. The molecule has 0 radical (unpaired) electrons. The second-order valence-corrected chi connectivity index (χ2v) is 5.39. The highest BCUT2D eigenvalue weighted by Crippen LogP contribution is 2.37. The van der Waals surface area contributed by atoms with Gasteiger partial charge in [-0.1, -0.05) is 11.6 Å². The van der Waals surface area contributed by atoms with Crippen molar-refractivity contribution < 1.29 is 9.47 Å². The lowest BCUT2D eigenvalue weighted by Gasteiger charge is -2.03. The number of ether oxygens (including phenoxy) is 2. The van der Waals surface area contributed by atoms with Crippen molar-refractivity contribution in [2.24, 2.45) is 0 Å². The molecule has 2 aromatic heterocycles. The summed E-state index contributed by atoms with van der Waals surface area (Å²) in [6.45, 7) is 0.252. The van der Waals surface area contributed by atoms with Gasteiger partial charge in [0.1, 0.15) is 5.65 Å². The molecule has 6 heteroatoms. The molecule has 0 saturated heterocycles. The van der Waals surface area contributed by atoms with E-state index >= 15 is 0 Å². The zero-order valence-electron chi connectivity index (χ0n) is 10.8. The van der Waals surface area contributed by atoms with E-state index in [9.17, 15) is 0 Å². The molecule has 0 atom stereocenters. The van der Waals surface area contributed by atoms with E-state index in [4.69, 9.17) is 32.7 Å². The van der Waals surface area contributed by atoms with Gasteiger partial charge in [-0.15, -0.1) is 11.6 Å². The van der Waals surface area contributed by atoms with E-state index in [1.54, 1.807) is 0 Å². The van der Waals surface area contributed by atoms with Gasteiger partial charge >= 0.3 is 0 Å². The quantitative estimate of drug-likeness (QED) is 0.666. The van der Waals surface area contributed by atoms with Gasteiger partial charge in [0.15, 0.2) is 11.5 Å². The molecule has 21 heavy (non-hydrogen) atoms. The second-order valence-electron chi connectivity index (χ2n) is 4.68. The number of rotatable bonds is 2. The molecule has 0 aliphatic carbocycles. The molecule has 0 fully saturated rings. The standard InChI is InChI=1S/C15H10Cl2N2O2/c16-6-11-15(18-14-4-2-10(17)7-19(11)14)9-1-3-12-13(5-9)21-8-20-12/h1-5,7H,6,8H2. The van der Waals surface area contributed by atoms with Gasteiger partial charge in [0.05, 0.1) is 22.3 Å². The minimum absolute atomic E-state index is 0.252. The zero-order chi connectivity index (χ0) is 14.4. The lowest BCUT2D eigenvalue weighted by molar-refractivity contribution is 0.174. The lowest BCUT2D eigenvalue weighted by Crippen LogP contribution is -1.93. The predicted octanol–water partition coefficient (Wildman–Crippen LogP) is 4.12. The average molecular weight is 321 g/mol. The van der Waals surface area contributed by atoms with Crippen molar-refractivity contribution in [3.63, 3.8) is 0 Å². The van der Waals surface area contributed by atoms with Crippen molar-refractivity contribution in [1.82, 2.24) is 9.38 Å². The highest BCUT2D eigenvalue weighted by molar-refractivity contribution is 6.30. The molecule has 0 unspecified atom stereocenters. The fraction of sp³-hybridized carbons (Fsp3) is 0.133. The van der Waals surface area contributed by atoms with Crippen LogP contribution in [-0.2, 0) is 5.88 Å². The van der Waals surface area contributed by atoms with Crippen LogP contribution in [0.2, 0.25) is 5.02 Å². The number of fused-ring (bicyclic) bond motifs is 2. The molecule has 1 aliphatic heterocycles. The van der Waals surface area contributed by atoms with Crippen LogP contribution in [0.1, 0.15) is 5.69 Å². The van der Waals surface area contributed by atoms with E-state index in [0.717, 1.165) is 34.1 Å². The average Bonchev–Trinajstić information content (AvgIpc) is 3.09. The Morgan fingerprint density at radius 1 is 1.14 bits per heavy atom. The number of hydrogen-bond acceptors (Lipinski definition) is 3. The van der Waals surface area contributed by atoms with Crippen LogP contribution in [0.15, 0.2) is 36.5 Å². The molecule has 3 aromatic rings. The summed E-state index contributed by atoms with van der Waals surface area (Å²) >= 11 is 12.2. The summed E-state index contributed by atoms with van der Waals surface area (Å²) in [5.41, 5.74) is 3.47. The molecule has 4 nitrogen and oxygen atoms in total. The van der Waals surface area contributed by atoms with E-state index in [1.807, 2.05) is 40.9 Å². The monoisotopic (exact) mass is 320 g/mol. The predicted molar refractivity (Wildman–Crippen MR) is 81.3 cm³/mol. The van der Waals surface area contributed by atoms with E-state index in [1.165, 1.54) is 0 Å². The summed E-state index contributed by atoms with van der Waals surface area (Å²) in [6, 6.07) is 9.43. The highest BCUT2D eigenvalue weighted by atomic mass is 35.5. The first-order valence-electron chi connectivity index (χ1n) is 6.39. The van der Waals surface area contributed by atoms with Gasteiger partial charge in [-0.05, 0) is 30.3 Å². The maximum Gasteiger partial charge on any atom is 0.231 e. The van der Waals surface area contributed by atoms with Crippen molar-refractivity contribution >= 4 is 28.8 Å². The minimum atomic E-state index is 0.252. The van der Waals surface area contributed by atoms with Crippen molar-refractivity contribution in [2.75, 3.05) is 6.79 Å². The Morgan fingerprint density at radius 2 is 2.00 bits per heavy atom. The third-order valence-corrected chi connectivity index (χ3v) is 3.93. The summed E-state index contributed by atoms with van der Waals surface area (Å²) in [4.78, 5) is 4.64. The summed E-state index contributed by atoms with van der Waals surface area (Å²) in [6.07, 6.45) is 1.82. The molecule has 1 aliphatic rings. The Kier molecular flexibility index (Phi) is 2.94. The first kappa shape index (κ1) is 12.8. The second kappa shape index (κ2) is 4.83. The normalized spacial score (nSPS) is 13.0. The van der Waals surface area contributed by atoms with Crippen LogP contribution >= 0.6 is 23.2 Å². The van der Waals surface area contributed by atoms with Gasteiger partial charge in [-0.2, -0.15) is 0 Å². The number of nitrogens with zero attached hydrogens (tertiary/aromatic N) is 2. The van der Waals surface area contributed by atoms with Gasteiger partial charge in [0.2, 0.25) is 6.79 Å². The first-order chi connectivity index (χ1) is 10.3. The van der Waals surface area contributed by atoms with Crippen LogP contribution in [0.25, 0.3) is 16.9 Å². The highest BCUT2D eigenvalue weighted by Gasteiger charge is 2.18. The van der Waals surface area contributed by atoms with Crippen LogP contribution in [-0.4, -0.2) is 16.2 Å². The van der Waals surface area contributed by atoms with Gasteiger partial charge < -0.3 is 13.9 Å². The van der Waals surface area contributed by atoms with Crippen LogP contribution < -0.4 is 9.47 Å². The first-order valence-corrected chi connectivity index (χ1v) is 7.30. The Morgan fingerprint density at radius 3 is 2.86 bits per heavy atom. The van der Waals surface area contributed by atoms with Crippen LogP contribution in [0, 0.1) is 0 Å². The molecule has 0 bridgehead atoms. The maximum atomic E-state index is 6.11. The molecular formula is C15H10Cl2N2O2. The van der Waals surface area contributed by atoms with Crippen molar-refractivity contribution in [3.05, 3.63) is 47.2 Å². The number of benzene rings is 1. The van der Waals surface area contributed by atoms with E-state index in [-0.39, 0.29) is 6.79 Å². The number of imidazole rings is 1. The summed E-state index contributed by atoms with van der Waals surface area (Å²) in [7, 11) is 0.